The highest BCUT2D eigenvalue weighted by atomic mass is 16.5. The number of hydrogen-bond donors (Lipinski definition) is 0. The fourth-order valence-corrected chi connectivity index (χ4v) is 2.96. The fraction of sp³-hybridized carbons (Fsp3) is 0.412. The Hall–Kier alpha value is -2.30. The van der Waals surface area contributed by atoms with Crippen molar-refractivity contribution in [2.45, 2.75) is 39.2 Å². The zero-order chi connectivity index (χ0) is 16.1. The molecule has 0 spiro atoms. The molecule has 0 bridgehead atoms. The van der Waals surface area contributed by atoms with Crippen LogP contribution in [-0.2, 0) is 6.42 Å². The lowest BCUT2D eigenvalue weighted by Crippen LogP contribution is -2.36. The van der Waals surface area contributed by atoms with Crippen molar-refractivity contribution in [1.82, 2.24) is 0 Å². The van der Waals surface area contributed by atoms with Gasteiger partial charge in [0.25, 0.3) is 0 Å². The lowest BCUT2D eigenvalue weighted by atomic mass is 9.91. The monoisotopic (exact) mass is 302 g/mol. The van der Waals surface area contributed by atoms with Gasteiger partial charge in [0.2, 0.25) is 0 Å². The van der Waals surface area contributed by atoms with E-state index in [1.54, 1.807) is 13.2 Å². The Morgan fingerprint density at radius 2 is 2.00 bits per heavy atom. The van der Waals surface area contributed by atoms with Crippen LogP contribution in [-0.4, -0.2) is 18.5 Å². The number of carbonyl (C=O) groups excluding carboxylic acids is 1. The minimum Gasteiger partial charge on any atom is -0.496 e. The van der Waals surface area contributed by atoms with Gasteiger partial charge in [-0.3, -0.25) is 4.79 Å². The number of methoxy groups -OCH3 is 1. The fourth-order valence-electron chi connectivity index (χ4n) is 2.96. The quantitative estimate of drug-likeness (QED) is 0.797. The van der Waals surface area contributed by atoms with Crippen LogP contribution in [0.5, 0.6) is 11.5 Å². The number of fused-ring (bicyclic) bond motifs is 3. The summed E-state index contributed by atoms with van der Waals surface area (Å²) in [6.45, 7) is 5.64. The minimum absolute atomic E-state index is 0.0877. The van der Waals surface area contributed by atoms with Gasteiger partial charge in [-0.05, 0) is 25.8 Å². The maximum absolute atomic E-state index is 12.5. The first-order valence-electron chi connectivity index (χ1n) is 7.26. The summed E-state index contributed by atoms with van der Waals surface area (Å²) in [5, 5.41) is 0.667. The van der Waals surface area contributed by atoms with Crippen molar-refractivity contribution in [3.05, 3.63) is 33.7 Å². The van der Waals surface area contributed by atoms with Gasteiger partial charge >= 0.3 is 5.63 Å². The van der Waals surface area contributed by atoms with Crippen LogP contribution in [0.4, 0.5) is 0 Å². The maximum atomic E-state index is 12.5. The first kappa shape index (κ1) is 14.6. The molecule has 0 amide bonds. The summed E-state index contributed by atoms with van der Waals surface area (Å²) in [4.78, 5) is 24.4. The Labute approximate surface area is 127 Å². The highest BCUT2D eigenvalue weighted by Crippen LogP contribution is 2.42. The number of hydrogen-bond acceptors (Lipinski definition) is 5. The second-order valence-corrected chi connectivity index (χ2v) is 6.06. The van der Waals surface area contributed by atoms with E-state index in [9.17, 15) is 9.59 Å². The van der Waals surface area contributed by atoms with E-state index in [4.69, 9.17) is 13.9 Å². The summed E-state index contributed by atoms with van der Waals surface area (Å²) >= 11 is 0. The minimum atomic E-state index is -0.592. The molecule has 0 atom stereocenters. The van der Waals surface area contributed by atoms with Crippen LogP contribution in [0.25, 0.3) is 11.0 Å². The molecule has 0 radical (unpaired) electrons. The van der Waals surface area contributed by atoms with Crippen molar-refractivity contribution in [1.29, 1.82) is 0 Å². The second kappa shape index (κ2) is 4.87. The molecule has 1 aromatic heterocycles. The molecule has 5 heteroatoms. The molecule has 0 N–H and O–H groups in total. The van der Waals surface area contributed by atoms with Crippen molar-refractivity contribution < 1.29 is 18.7 Å². The zero-order valence-corrected chi connectivity index (χ0v) is 13.1. The topological polar surface area (TPSA) is 65.7 Å². The Kier molecular flexibility index (Phi) is 3.24. The Morgan fingerprint density at radius 1 is 1.27 bits per heavy atom. The van der Waals surface area contributed by atoms with Crippen molar-refractivity contribution in [2.24, 2.45) is 0 Å². The molecule has 0 saturated heterocycles. The van der Waals surface area contributed by atoms with Gasteiger partial charge in [-0.15, -0.1) is 0 Å². The number of rotatable bonds is 2. The molecule has 1 aliphatic rings. The number of ether oxygens (including phenoxy) is 2. The van der Waals surface area contributed by atoms with E-state index in [2.05, 4.69) is 0 Å². The summed E-state index contributed by atoms with van der Waals surface area (Å²) in [5.41, 5.74) is 0.327. The van der Waals surface area contributed by atoms with Crippen LogP contribution in [0.3, 0.4) is 0 Å². The molecule has 5 nitrogen and oxygen atoms in total. The van der Waals surface area contributed by atoms with Gasteiger partial charge in [0.15, 0.2) is 11.4 Å². The highest BCUT2D eigenvalue weighted by molar-refractivity contribution is 6.11. The van der Waals surface area contributed by atoms with E-state index >= 15 is 0 Å². The van der Waals surface area contributed by atoms with E-state index in [0.717, 1.165) is 5.56 Å². The normalized spacial score (nSPS) is 16.3. The lowest BCUT2D eigenvalue weighted by Gasteiger charge is -2.32. The van der Waals surface area contributed by atoms with Gasteiger partial charge in [-0.2, -0.15) is 0 Å². The second-order valence-electron chi connectivity index (χ2n) is 6.06. The number of ketones is 1. The van der Waals surface area contributed by atoms with E-state index in [-0.39, 0.29) is 17.8 Å². The molecule has 0 fully saturated rings. The smallest absolute Gasteiger partial charge is 0.336 e. The van der Waals surface area contributed by atoms with Gasteiger partial charge in [0.05, 0.1) is 18.9 Å². The third kappa shape index (κ3) is 2.17. The number of Topliss-reactive ketones (excluding diaryl/α,β-unsaturated/α-hetero) is 1. The largest absolute Gasteiger partial charge is 0.496 e. The highest BCUT2D eigenvalue weighted by Gasteiger charge is 2.36. The number of benzene rings is 1. The first-order valence-corrected chi connectivity index (χ1v) is 7.26. The summed E-state index contributed by atoms with van der Waals surface area (Å²) in [5.74, 6) is 0.858. The molecule has 2 heterocycles. The van der Waals surface area contributed by atoms with Crippen LogP contribution < -0.4 is 15.1 Å². The molecule has 1 aliphatic heterocycles. The van der Waals surface area contributed by atoms with E-state index < -0.39 is 11.2 Å². The molecule has 22 heavy (non-hydrogen) atoms. The summed E-state index contributed by atoms with van der Waals surface area (Å²) < 4.78 is 16.7. The van der Waals surface area contributed by atoms with E-state index in [1.807, 2.05) is 20.8 Å². The predicted molar refractivity (Wildman–Crippen MR) is 82.1 cm³/mol. The van der Waals surface area contributed by atoms with Gasteiger partial charge in [0.1, 0.15) is 22.7 Å². The van der Waals surface area contributed by atoms with Crippen LogP contribution >= 0.6 is 0 Å². The summed E-state index contributed by atoms with van der Waals surface area (Å²) in [6, 6.07) is 3.14. The molecule has 0 unspecified atom stereocenters. The lowest BCUT2D eigenvalue weighted by molar-refractivity contribution is 0.0620. The molecular weight excluding hydrogens is 284 g/mol. The average Bonchev–Trinajstić information content (AvgIpc) is 2.43. The Morgan fingerprint density at radius 3 is 2.64 bits per heavy atom. The molecule has 0 aliphatic carbocycles. The van der Waals surface area contributed by atoms with Gasteiger partial charge in [-0.25, -0.2) is 4.79 Å². The zero-order valence-electron chi connectivity index (χ0n) is 13.1. The van der Waals surface area contributed by atoms with Gasteiger partial charge in [-0.1, -0.05) is 6.92 Å². The van der Waals surface area contributed by atoms with Crippen LogP contribution in [0.15, 0.2) is 21.3 Å². The summed E-state index contributed by atoms with van der Waals surface area (Å²) in [6.07, 6.45) is 0.874. The van der Waals surface area contributed by atoms with Crippen molar-refractivity contribution in [2.75, 3.05) is 7.11 Å². The molecule has 2 aromatic rings. The van der Waals surface area contributed by atoms with Crippen molar-refractivity contribution in [3.8, 4) is 11.5 Å². The van der Waals surface area contributed by atoms with E-state index in [1.165, 1.54) is 6.07 Å². The number of carbonyl (C=O) groups is 1. The van der Waals surface area contributed by atoms with Gasteiger partial charge < -0.3 is 13.9 Å². The van der Waals surface area contributed by atoms with Gasteiger partial charge in [0, 0.05) is 12.1 Å². The van der Waals surface area contributed by atoms with Crippen molar-refractivity contribution >= 4 is 16.8 Å². The third-order valence-electron chi connectivity index (χ3n) is 3.88. The molecule has 116 valence electrons. The molecule has 3 rings (SSSR count). The van der Waals surface area contributed by atoms with Crippen LogP contribution in [0.2, 0.25) is 0 Å². The Bertz CT molecular complexity index is 829. The van der Waals surface area contributed by atoms with Crippen LogP contribution in [0, 0.1) is 0 Å². The maximum Gasteiger partial charge on any atom is 0.336 e. The van der Waals surface area contributed by atoms with E-state index in [0.29, 0.717) is 28.9 Å². The standard InChI is InChI=1S/C17H18O5/c1-5-9-6-13(19)21-16-14(9)11(20-4)7-12-15(16)10(18)8-17(2,3)22-12/h6-7H,5,8H2,1-4H3. The summed E-state index contributed by atoms with van der Waals surface area (Å²) in [7, 11) is 1.54. The molecule has 0 saturated carbocycles. The van der Waals surface area contributed by atoms with Crippen molar-refractivity contribution in [3.63, 3.8) is 0 Å². The molecule has 1 aromatic carbocycles. The van der Waals surface area contributed by atoms with Crippen LogP contribution in [0.1, 0.15) is 43.1 Å². The third-order valence-corrected chi connectivity index (χ3v) is 3.88. The first-order chi connectivity index (χ1) is 10.4. The average molecular weight is 302 g/mol. The SMILES string of the molecule is CCc1cc(=O)oc2c3c(cc(OC)c12)OC(C)(C)CC3=O. The number of aryl methyl sites for hydroxylation is 1. The Balaban J connectivity index is 2.45. The molecular formula is C17H18O5. The predicted octanol–water partition coefficient (Wildman–Crippen LogP) is 3.11.